The summed E-state index contributed by atoms with van der Waals surface area (Å²) < 4.78 is 6.39. The van der Waals surface area contributed by atoms with E-state index in [1.807, 2.05) is 18.9 Å². The fourth-order valence-electron chi connectivity index (χ4n) is 1.88. The minimum atomic E-state index is -1.13. The predicted molar refractivity (Wildman–Crippen MR) is 76.9 cm³/mol. The van der Waals surface area contributed by atoms with E-state index in [2.05, 4.69) is 5.10 Å². The number of carboxylic acids is 1. The minimum absolute atomic E-state index is 0.141. The van der Waals surface area contributed by atoms with Crippen LogP contribution in [0.4, 0.5) is 5.69 Å². The molecule has 0 atom stereocenters. The summed E-state index contributed by atoms with van der Waals surface area (Å²) in [6, 6.07) is 2.92. The number of carbonyl (C=O) groups is 1. The second kappa shape index (κ2) is 5.82. The van der Waals surface area contributed by atoms with Gasteiger partial charge in [0.1, 0.15) is 5.76 Å². The number of carboxylic acid groups (broad SMARTS) is 1. The normalized spacial score (nSPS) is 10.6. The van der Waals surface area contributed by atoms with E-state index in [-0.39, 0.29) is 17.9 Å². The first-order valence-electron chi connectivity index (χ1n) is 6.53. The monoisotopic (exact) mass is 291 g/mol. The highest BCUT2D eigenvalue weighted by Crippen LogP contribution is 2.15. The molecule has 1 N–H and O–H groups in total. The minimum Gasteiger partial charge on any atom is -0.475 e. The van der Waals surface area contributed by atoms with Crippen LogP contribution in [0.25, 0.3) is 0 Å². The number of hydrogen-bond acceptors (Lipinski definition) is 5. The predicted octanol–water partition coefficient (Wildman–Crippen LogP) is 1.35. The number of aromatic nitrogens is 2. The first-order valence-corrected chi connectivity index (χ1v) is 6.53. The third-order valence-corrected chi connectivity index (χ3v) is 3.32. The smallest absolute Gasteiger partial charge is 0.371 e. The van der Waals surface area contributed by atoms with Gasteiger partial charge in [0, 0.05) is 25.2 Å². The number of anilines is 1. The number of nitrogens with zero attached hydrogens (tertiary/aromatic N) is 3. The summed E-state index contributed by atoms with van der Waals surface area (Å²) in [7, 11) is 1.88. The van der Waals surface area contributed by atoms with Gasteiger partial charge in [0.2, 0.25) is 5.76 Å². The summed E-state index contributed by atoms with van der Waals surface area (Å²) in [5.74, 6) is -0.807. The number of hydrogen-bond donors (Lipinski definition) is 1. The van der Waals surface area contributed by atoms with E-state index in [9.17, 15) is 9.59 Å². The van der Waals surface area contributed by atoms with Crippen molar-refractivity contribution in [3.63, 3.8) is 0 Å². The lowest BCUT2D eigenvalue weighted by Gasteiger charge is -2.16. The first-order chi connectivity index (χ1) is 9.92. The molecule has 0 bridgehead atoms. The van der Waals surface area contributed by atoms with Crippen molar-refractivity contribution in [2.45, 2.75) is 20.4 Å². The van der Waals surface area contributed by atoms with Gasteiger partial charge in [-0.05, 0) is 19.9 Å². The molecule has 0 radical (unpaired) electrons. The Morgan fingerprint density at radius 3 is 2.71 bits per heavy atom. The summed E-state index contributed by atoms with van der Waals surface area (Å²) in [4.78, 5) is 24.8. The Kier molecular flexibility index (Phi) is 4.11. The summed E-state index contributed by atoms with van der Waals surface area (Å²) in [6.45, 7) is 4.59. The van der Waals surface area contributed by atoms with Gasteiger partial charge in [0.25, 0.3) is 5.56 Å². The standard InChI is InChI=1S/C14H17N3O4/c1-4-16(3)11-6-13(18)17(15-7-11)8-10-5-12(14(19)20)21-9(10)2/h5-7H,4,8H2,1-3H3,(H,19,20). The molecule has 2 rings (SSSR count). The maximum atomic E-state index is 12.0. The molecule has 7 nitrogen and oxygen atoms in total. The Balaban J connectivity index is 2.28. The van der Waals surface area contributed by atoms with Gasteiger partial charge in [-0.1, -0.05) is 0 Å². The average Bonchev–Trinajstić information content (AvgIpc) is 2.81. The molecule has 0 unspecified atom stereocenters. The van der Waals surface area contributed by atoms with E-state index in [1.54, 1.807) is 13.1 Å². The molecule has 0 fully saturated rings. The molecule has 2 aromatic rings. The largest absolute Gasteiger partial charge is 0.475 e. The van der Waals surface area contributed by atoms with E-state index >= 15 is 0 Å². The van der Waals surface area contributed by atoms with Crippen molar-refractivity contribution in [1.29, 1.82) is 0 Å². The van der Waals surface area contributed by atoms with Crippen LogP contribution in [0.2, 0.25) is 0 Å². The molecule has 7 heteroatoms. The van der Waals surface area contributed by atoms with Gasteiger partial charge in [-0.3, -0.25) is 4.79 Å². The molecule has 0 saturated carbocycles. The molecule has 0 spiro atoms. The molecule has 112 valence electrons. The van der Waals surface area contributed by atoms with E-state index < -0.39 is 5.97 Å². The lowest BCUT2D eigenvalue weighted by atomic mass is 10.2. The van der Waals surface area contributed by atoms with Crippen LogP contribution in [0, 0.1) is 6.92 Å². The van der Waals surface area contributed by atoms with Crippen LogP contribution >= 0.6 is 0 Å². The second-order valence-corrected chi connectivity index (χ2v) is 4.72. The molecular formula is C14H17N3O4. The molecule has 2 aromatic heterocycles. The van der Waals surface area contributed by atoms with E-state index in [0.717, 1.165) is 12.2 Å². The SMILES string of the molecule is CCN(C)c1cnn(Cc2cc(C(=O)O)oc2C)c(=O)c1. The van der Waals surface area contributed by atoms with Gasteiger partial charge in [0.05, 0.1) is 18.4 Å². The fraction of sp³-hybridized carbons (Fsp3) is 0.357. The lowest BCUT2D eigenvalue weighted by molar-refractivity contribution is 0.0661. The second-order valence-electron chi connectivity index (χ2n) is 4.72. The van der Waals surface area contributed by atoms with Crippen molar-refractivity contribution in [2.24, 2.45) is 0 Å². The Hall–Kier alpha value is -2.57. The highest BCUT2D eigenvalue weighted by Gasteiger charge is 2.14. The van der Waals surface area contributed by atoms with Gasteiger partial charge < -0.3 is 14.4 Å². The lowest BCUT2D eigenvalue weighted by Crippen LogP contribution is -2.26. The Morgan fingerprint density at radius 1 is 1.48 bits per heavy atom. The van der Waals surface area contributed by atoms with Crippen molar-refractivity contribution >= 4 is 11.7 Å². The highest BCUT2D eigenvalue weighted by atomic mass is 16.4. The van der Waals surface area contributed by atoms with Crippen LogP contribution in [0.15, 0.2) is 27.5 Å². The number of aryl methyl sites for hydroxylation is 1. The van der Waals surface area contributed by atoms with Crippen molar-refractivity contribution in [2.75, 3.05) is 18.5 Å². The third-order valence-electron chi connectivity index (χ3n) is 3.32. The van der Waals surface area contributed by atoms with Gasteiger partial charge in [-0.2, -0.15) is 5.10 Å². The van der Waals surface area contributed by atoms with Crippen LogP contribution in [0.3, 0.4) is 0 Å². The molecule has 0 aliphatic heterocycles. The molecule has 2 heterocycles. The first kappa shape index (κ1) is 14.8. The molecular weight excluding hydrogens is 274 g/mol. The topological polar surface area (TPSA) is 88.6 Å². The summed E-state index contributed by atoms with van der Waals surface area (Å²) in [6.07, 6.45) is 1.61. The zero-order chi connectivity index (χ0) is 15.6. The number of rotatable bonds is 5. The van der Waals surface area contributed by atoms with Crippen LogP contribution in [0.1, 0.15) is 28.8 Å². The Bertz CT molecular complexity index is 717. The maximum absolute atomic E-state index is 12.0. The van der Waals surface area contributed by atoms with Gasteiger partial charge in [0.15, 0.2) is 0 Å². The van der Waals surface area contributed by atoms with Crippen molar-refractivity contribution in [3.8, 4) is 0 Å². The Morgan fingerprint density at radius 2 is 2.19 bits per heavy atom. The van der Waals surface area contributed by atoms with Crippen LogP contribution in [-0.4, -0.2) is 34.4 Å². The van der Waals surface area contributed by atoms with E-state index in [4.69, 9.17) is 9.52 Å². The maximum Gasteiger partial charge on any atom is 0.371 e. The summed E-state index contributed by atoms with van der Waals surface area (Å²) in [5, 5.41) is 13.0. The quantitative estimate of drug-likeness (QED) is 0.894. The zero-order valence-corrected chi connectivity index (χ0v) is 12.2. The van der Waals surface area contributed by atoms with Crippen LogP contribution in [-0.2, 0) is 6.54 Å². The van der Waals surface area contributed by atoms with Gasteiger partial charge >= 0.3 is 5.97 Å². The van der Waals surface area contributed by atoms with Gasteiger partial charge in [-0.15, -0.1) is 0 Å². The molecule has 0 aliphatic rings. The average molecular weight is 291 g/mol. The molecule has 0 amide bonds. The van der Waals surface area contributed by atoms with Crippen LogP contribution < -0.4 is 10.5 Å². The van der Waals surface area contributed by atoms with Crippen LogP contribution in [0.5, 0.6) is 0 Å². The van der Waals surface area contributed by atoms with Crippen molar-refractivity contribution < 1.29 is 14.3 Å². The zero-order valence-electron chi connectivity index (χ0n) is 12.2. The highest BCUT2D eigenvalue weighted by molar-refractivity contribution is 5.84. The van der Waals surface area contributed by atoms with Crippen molar-refractivity contribution in [1.82, 2.24) is 9.78 Å². The van der Waals surface area contributed by atoms with Crippen molar-refractivity contribution in [3.05, 3.63) is 45.8 Å². The fourth-order valence-corrected chi connectivity index (χ4v) is 1.88. The summed E-state index contributed by atoms with van der Waals surface area (Å²) >= 11 is 0. The number of furan rings is 1. The van der Waals surface area contributed by atoms with E-state index in [0.29, 0.717) is 11.3 Å². The molecule has 0 aliphatic carbocycles. The number of aromatic carboxylic acids is 1. The summed E-state index contributed by atoms with van der Waals surface area (Å²) in [5.41, 5.74) is 1.12. The molecule has 0 saturated heterocycles. The van der Waals surface area contributed by atoms with E-state index in [1.165, 1.54) is 16.8 Å². The molecule has 0 aromatic carbocycles. The third kappa shape index (κ3) is 3.13. The van der Waals surface area contributed by atoms with Gasteiger partial charge in [-0.25, -0.2) is 9.48 Å². The molecule has 21 heavy (non-hydrogen) atoms. The Labute approximate surface area is 121 Å².